The molecule has 2 aliphatic rings. The molecule has 0 unspecified atom stereocenters. The summed E-state index contributed by atoms with van der Waals surface area (Å²) in [6.45, 7) is 1.35. The zero-order chi connectivity index (χ0) is 19.5. The standard InChI is InChI=1S/C15H13FN2O.C2HF3O2/c16-12-3-1-2-4-13(12)18-9-15(10-18)6-5-14(19)11(7-15)8-17;3-2(4,5)1(6)7/h1-4,7H,5-6,9-10H2;(H,6,7). The SMILES string of the molecule is N#CC1=CC2(CCC1=O)CN(c1ccccc1F)C2.O=C(O)C(F)(F)F. The van der Waals surface area contributed by atoms with Crippen LogP contribution in [0, 0.1) is 22.6 Å². The molecule has 1 aliphatic carbocycles. The number of Topliss-reactive ketones (excluding diaryl/α,β-unsaturated/α-hetero) is 1. The Kier molecular flexibility index (Phi) is 5.35. The van der Waals surface area contributed by atoms with Gasteiger partial charge in [0.1, 0.15) is 11.9 Å². The molecule has 1 N–H and O–H groups in total. The lowest BCUT2D eigenvalue weighted by Crippen LogP contribution is -2.57. The predicted octanol–water partition coefficient (Wildman–Crippen LogP) is 3.08. The molecule has 1 aromatic rings. The van der Waals surface area contributed by atoms with E-state index in [0.717, 1.165) is 6.42 Å². The number of ketones is 1. The normalized spacial score (nSPS) is 18.2. The van der Waals surface area contributed by atoms with Gasteiger partial charge in [-0.25, -0.2) is 9.18 Å². The lowest BCUT2D eigenvalue weighted by molar-refractivity contribution is -0.192. The third-order valence-corrected chi connectivity index (χ3v) is 4.17. The molecular weight excluding hydrogens is 356 g/mol. The van der Waals surface area contributed by atoms with Crippen LogP contribution in [0.3, 0.4) is 0 Å². The van der Waals surface area contributed by atoms with Crippen LogP contribution in [0.2, 0.25) is 0 Å². The van der Waals surface area contributed by atoms with E-state index in [-0.39, 0.29) is 22.6 Å². The molecular formula is C17H14F4N2O3. The Balaban J connectivity index is 0.000000298. The van der Waals surface area contributed by atoms with Crippen LogP contribution >= 0.6 is 0 Å². The van der Waals surface area contributed by atoms with Gasteiger partial charge in [-0.1, -0.05) is 18.2 Å². The lowest BCUT2D eigenvalue weighted by atomic mass is 9.70. The summed E-state index contributed by atoms with van der Waals surface area (Å²) in [7, 11) is 0. The van der Waals surface area contributed by atoms with Crippen molar-refractivity contribution < 1.29 is 32.3 Å². The summed E-state index contributed by atoms with van der Waals surface area (Å²) in [5, 5.41) is 16.1. The van der Waals surface area contributed by atoms with Crippen molar-refractivity contribution in [2.45, 2.75) is 19.0 Å². The first-order valence-electron chi connectivity index (χ1n) is 7.54. The highest BCUT2D eigenvalue weighted by molar-refractivity contribution is 6.00. The van der Waals surface area contributed by atoms with Crippen molar-refractivity contribution in [2.24, 2.45) is 5.41 Å². The fourth-order valence-corrected chi connectivity index (χ4v) is 2.89. The number of nitrogens with zero attached hydrogens (tertiary/aromatic N) is 2. The monoisotopic (exact) mass is 370 g/mol. The second-order valence-electron chi connectivity index (χ2n) is 6.07. The summed E-state index contributed by atoms with van der Waals surface area (Å²) in [6, 6.07) is 8.64. The largest absolute Gasteiger partial charge is 0.490 e. The van der Waals surface area contributed by atoms with Crippen LogP contribution in [0.4, 0.5) is 23.2 Å². The summed E-state index contributed by atoms with van der Waals surface area (Å²) in [5.41, 5.74) is 0.734. The molecule has 1 aliphatic heterocycles. The molecule has 0 aromatic heterocycles. The number of hydrogen-bond donors (Lipinski definition) is 1. The highest BCUT2D eigenvalue weighted by Crippen LogP contribution is 2.43. The molecule has 138 valence electrons. The molecule has 1 spiro atoms. The van der Waals surface area contributed by atoms with E-state index in [2.05, 4.69) is 0 Å². The van der Waals surface area contributed by atoms with Gasteiger partial charge >= 0.3 is 12.1 Å². The minimum Gasteiger partial charge on any atom is -0.475 e. The number of para-hydroxylation sites is 1. The van der Waals surface area contributed by atoms with Gasteiger partial charge in [-0.05, 0) is 18.6 Å². The van der Waals surface area contributed by atoms with Gasteiger partial charge in [-0.3, -0.25) is 4.79 Å². The number of aliphatic carboxylic acids is 1. The number of carbonyl (C=O) groups is 2. The molecule has 0 bridgehead atoms. The zero-order valence-corrected chi connectivity index (χ0v) is 13.4. The Hall–Kier alpha value is -2.89. The molecule has 26 heavy (non-hydrogen) atoms. The smallest absolute Gasteiger partial charge is 0.475 e. The van der Waals surface area contributed by atoms with Gasteiger partial charge < -0.3 is 10.0 Å². The molecule has 0 atom stereocenters. The van der Waals surface area contributed by atoms with Crippen molar-refractivity contribution in [2.75, 3.05) is 18.0 Å². The van der Waals surface area contributed by atoms with Gasteiger partial charge in [0.25, 0.3) is 0 Å². The van der Waals surface area contributed by atoms with Gasteiger partial charge in [0.2, 0.25) is 0 Å². The number of anilines is 1. The van der Waals surface area contributed by atoms with Crippen LogP contribution in [0.5, 0.6) is 0 Å². The Bertz CT molecular complexity index is 790. The van der Waals surface area contributed by atoms with E-state index in [1.807, 2.05) is 17.0 Å². The molecule has 3 rings (SSSR count). The fourth-order valence-electron chi connectivity index (χ4n) is 2.89. The maximum absolute atomic E-state index is 13.7. The number of carbonyl (C=O) groups excluding carboxylic acids is 1. The number of halogens is 4. The third-order valence-electron chi connectivity index (χ3n) is 4.17. The average molecular weight is 370 g/mol. The maximum atomic E-state index is 13.7. The molecule has 5 nitrogen and oxygen atoms in total. The van der Waals surface area contributed by atoms with Gasteiger partial charge in [-0.2, -0.15) is 18.4 Å². The zero-order valence-electron chi connectivity index (χ0n) is 13.4. The third kappa shape index (κ3) is 4.20. The summed E-state index contributed by atoms with van der Waals surface area (Å²) in [6.07, 6.45) is -2.12. The highest BCUT2D eigenvalue weighted by atomic mass is 19.4. The number of hydrogen-bond acceptors (Lipinski definition) is 4. The van der Waals surface area contributed by atoms with Crippen LogP contribution in [-0.2, 0) is 9.59 Å². The van der Waals surface area contributed by atoms with Crippen molar-refractivity contribution >= 4 is 17.4 Å². The number of allylic oxidation sites excluding steroid dienone is 1. The number of rotatable bonds is 1. The van der Waals surface area contributed by atoms with Crippen LogP contribution < -0.4 is 4.90 Å². The van der Waals surface area contributed by atoms with Crippen molar-refractivity contribution in [1.29, 1.82) is 5.26 Å². The van der Waals surface area contributed by atoms with Gasteiger partial charge in [-0.15, -0.1) is 0 Å². The molecule has 1 heterocycles. The van der Waals surface area contributed by atoms with Crippen LogP contribution in [0.15, 0.2) is 35.9 Å². The molecule has 1 saturated heterocycles. The summed E-state index contributed by atoms with van der Waals surface area (Å²) < 4.78 is 45.4. The predicted molar refractivity (Wildman–Crippen MR) is 82.7 cm³/mol. The van der Waals surface area contributed by atoms with E-state index in [9.17, 15) is 22.4 Å². The van der Waals surface area contributed by atoms with Crippen molar-refractivity contribution in [3.05, 3.63) is 41.7 Å². The Labute approximate surface area is 146 Å². The minimum absolute atomic E-state index is 0.0718. The summed E-state index contributed by atoms with van der Waals surface area (Å²) in [4.78, 5) is 22.3. The summed E-state index contributed by atoms with van der Waals surface area (Å²) >= 11 is 0. The maximum Gasteiger partial charge on any atom is 0.490 e. The van der Waals surface area contributed by atoms with Gasteiger partial charge in [0.05, 0.1) is 11.3 Å². The minimum atomic E-state index is -5.08. The second-order valence-corrected chi connectivity index (χ2v) is 6.07. The van der Waals surface area contributed by atoms with E-state index < -0.39 is 12.1 Å². The fraction of sp³-hybridized carbons (Fsp3) is 0.353. The van der Waals surface area contributed by atoms with Crippen molar-refractivity contribution in [3.8, 4) is 6.07 Å². The number of alkyl halides is 3. The molecule has 9 heteroatoms. The Morgan fingerprint density at radius 1 is 1.27 bits per heavy atom. The number of nitriles is 1. The average Bonchev–Trinajstić information content (AvgIpc) is 2.54. The van der Waals surface area contributed by atoms with E-state index in [4.69, 9.17) is 15.2 Å². The lowest BCUT2D eigenvalue weighted by Gasteiger charge is -2.51. The quantitative estimate of drug-likeness (QED) is 0.769. The first-order valence-corrected chi connectivity index (χ1v) is 7.54. The van der Waals surface area contributed by atoms with E-state index in [0.29, 0.717) is 25.2 Å². The van der Waals surface area contributed by atoms with Crippen molar-refractivity contribution in [1.82, 2.24) is 0 Å². The Morgan fingerprint density at radius 3 is 2.35 bits per heavy atom. The Morgan fingerprint density at radius 2 is 1.85 bits per heavy atom. The molecule has 0 radical (unpaired) electrons. The second kappa shape index (κ2) is 7.15. The highest BCUT2D eigenvalue weighted by Gasteiger charge is 2.45. The van der Waals surface area contributed by atoms with Gasteiger partial charge in [0, 0.05) is 24.9 Å². The number of carboxylic acids is 1. The molecule has 0 amide bonds. The van der Waals surface area contributed by atoms with E-state index in [1.54, 1.807) is 18.2 Å². The van der Waals surface area contributed by atoms with E-state index in [1.165, 1.54) is 6.07 Å². The molecule has 1 fully saturated rings. The molecule has 1 aromatic carbocycles. The van der Waals surface area contributed by atoms with Crippen LogP contribution in [0.1, 0.15) is 12.8 Å². The first kappa shape index (κ1) is 19.4. The van der Waals surface area contributed by atoms with Crippen LogP contribution in [0.25, 0.3) is 0 Å². The number of benzene rings is 1. The van der Waals surface area contributed by atoms with Gasteiger partial charge in [0.15, 0.2) is 5.78 Å². The molecule has 0 saturated carbocycles. The van der Waals surface area contributed by atoms with E-state index >= 15 is 0 Å². The topological polar surface area (TPSA) is 81.4 Å². The number of carboxylic acid groups (broad SMARTS) is 1. The first-order chi connectivity index (χ1) is 12.1. The van der Waals surface area contributed by atoms with Crippen molar-refractivity contribution in [3.63, 3.8) is 0 Å². The summed E-state index contributed by atoms with van der Waals surface area (Å²) in [5.74, 6) is -3.06. The van der Waals surface area contributed by atoms with Crippen LogP contribution in [-0.4, -0.2) is 36.1 Å².